The number of amides is 1. The molecule has 1 N–H and O–H groups in total. The lowest BCUT2D eigenvalue weighted by atomic mass is 10.1. The largest absolute Gasteiger partial charge is 0.495 e. The molecule has 1 heterocycles. The van der Waals surface area contributed by atoms with Gasteiger partial charge in [-0.05, 0) is 36.8 Å². The Morgan fingerprint density at radius 3 is 2.67 bits per heavy atom. The number of ether oxygens (including phenoxy) is 2. The van der Waals surface area contributed by atoms with Crippen LogP contribution in [0, 0.1) is 6.92 Å². The van der Waals surface area contributed by atoms with Crippen molar-refractivity contribution in [3.8, 4) is 11.5 Å². The van der Waals surface area contributed by atoms with E-state index in [4.69, 9.17) is 13.9 Å². The number of nitrogens with one attached hydrogen (secondary N) is 1. The van der Waals surface area contributed by atoms with Gasteiger partial charge in [0.15, 0.2) is 6.61 Å². The fourth-order valence-corrected chi connectivity index (χ4v) is 3.06. The van der Waals surface area contributed by atoms with Crippen molar-refractivity contribution in [1.82, 2.24) is 0 Å². The maximum absolute atomic E-state index is 12.3. The van der Waals surface area contributed by atoms with Crippen molar-refractivity contribution in [3.05, 3.63) is 66.2 Å². The van der Waals surface area contributed by atoms with Crippen molar-refractivity contribution in [2.24, 2.45) is 0 Å². The number of rotatable bonds is 5. The van der Waals surface area contributed by atoms with Crippen molar-refractivity contribution in [1.29, 1.82) is 0 Å². The molecule has 0 aliphatic heterocycles. The number of fused-ring (bicyclic) bond motifs is 3. The van der Waals surface area contributed by atoms with E-state index in [9.17, 15) is 4.79 Å². The average Bonchev–Trinajstić information content (AvgIpc) is 3.03. The molecule has 0 aliphatic rings. The Kier molecular flexibility index (Phi) is 4.42. The minimum absolute atomic E-state index is 0.0925. The summed E-state index contributed by atoms with van der Waals surface area (Å²) in [7, 11) is 1.57. The number of methoxy groups -OCH3 is 1. The Balaban J connectivity index is 1.57. The van der Waals surface area contributed by atoms with Gasteiger partial charge in [0.2, 0.25) is 0 Å². The molecule has 0 saturated carbocycles. The molecule has 0 fully saturated rings. The lowest BCUT2D eigenvalue weighted by Crippen LogP contribution is -2.20. The smallest absolute Gasteiger partial charge is 0.262 e. The molecule has 0 bridgehead atoms. The second-order valence-electron chi connectivity index (χ2n) is 6.30. The normalized spacial score (nSPS) is 10.9. The number of carbonyl (C=O) groups excluding carboxylic acids is 1. The molecule has 0 aliphatic carbocycles. The van der Waals surface area contributed by atoms with Gasteiger partial charge >= 0.3 is 0 Å². The second-order valence-corrected chi connectivity index (χ2v) is 6.30. The quantitative estimate of drug-likeness (QED) is 0.548. The number of anilines is 1. The molecule has 4 rings (SSSR count). The van der Waals surface area contributed by atoms with Crippen molar-refractivity contribution in [2.45, 2.75) is 6.92 Å². The molecule has 0 saturated heterocycles. The van der Waals surface area contributed by atoms with Crippen LogP contribution in [0.1, 0.15) is 5.56 Å². The van der Waals surface area contributed by atoms with Crippen LogP contribution in [0.3, 0.4) is 0 Å². The van der Waals surface area contributed by atoms with Crippen molar-refractivity contribution >= 4 is 33.5 Å². The highest BCUT2D eigenvalue weighted by molar-refractivity contribution is 6.07. The van der Waals surface area contributed by atoms with Crippen molar-refractivity contribution < 1.29 is 18.7 Å². The number of hydrogen-bond donors (Lipinski definition) is 1. The summed E-state index contributed by atoms with van der Waals surface area (Å²) in [5, 5.41) is 4.78. The Labute approximate surface area is 156 Å². The fraction of sp³-hybridized carbons (Fsp3) is 0.136. The third kappa shape index (κ3) is 3.44. The van der Waals surface area contributed by atoms with Gasteiger partial charge in [-0.1, -0.05) is 30.3 Å². The number of benzene rings is 3. The van der Waals surface area contributed by atoms with E-state index < -0.39 is 0 Å². The van der Waals surface area contributed by atoms with Crippen LogP contribution in [0.4, 0.5) is 5.69 Å². The molecule has 27 heavy (non-hydrogen) atoms. The molecular weight excluding hydrogens is 342 g/mol. The van der Waals surface area contributed by atoms with Crippen LogP contribution < -0.4 is 14.8 Å². The van der Waals surface area contributed by atoms with E-state index in [0.29, 0.717) is 22.8 Å². The summed E-state index contributed by atoms with van der Waals surface area (Å²) in [5.74, 6) is 0.952. The van der Waals surface area contributed by atoms with E-state index in [1.54, 1.807) is 13.2 Å². The summed E-state index contributed by atoms with van der Waals surface area (Å²) in [6, 6.07) is 19.0. The highest BCUT2D eigenvalue weighted by Gasteiger charge is 2.14. The summed E-state index contributed by atoms with van der Waals surface area (Å²) >= 11 is 0. The van der Waals surface area contributed by atoms with Gasteiger partial charge in [-0.15, -0.1) is 0 Å². The first-order valence-electron chi connectivity index (χ1n) is 8.62. The lowest BCUT2D eigenvalue weighted by Gasteiger charge is -2.11. The Morgan fingerprint density at radius 1 is 1.00 bits per heavy atom. The lowest BCUT2D eigenvalue weighted by molar-refractivity contribution is -0.118. The molecule has 3 aromatic carbocycles. The van der Waals surface area contributed by atoms with Gasteiger partial charge in [0.05, 0.1) is 12.8 Å². The van der Waals surface area contributed by atoms with Crippen molar-refractivity contribution in [2.75, 3.05) is 19.0 Å². The zero-order chi connectivity index (χ0) is 18.8. The first-order chi connectivity index (χ1) is 13.1. The van der Waals surface area contributed by atoms with Gasteiger partial charge in [-0.3, -0.25) is 4.79 Å². The molecule has 0 atom stereocenters. The van der Waals surface area contributed by atoms with Gasteiger partial charge in [-0.25, -0.2) is 0 Å². The van der Waals surface area contributed by atoms with E-state index in [-0.39, 0.29) is 12.5 Å². The monoisotopic (exact) mass is 361 g/mol. The van der Waals surface area contributed by atoms with E-state index in [0.717, 1.165) is 21.9 Å². The topological polar surface area (TPSA) is 60.7 Å². The first kappa shape index (κ1) is 17.0. The molecule has 5 heteroatoms. The number of carbonyl (C=O) groups is 1. The molecule has 0 unspecified atom stereocenters. The first-order valence-corrected chi connectivity index (χ1v) is 8.62. The zero-order valence-electron chi connectivity index (χ0n) is 15.1. The Bertz CT molecular complexity index is 1130. The van der Waals surface area contributed by atoms with E-state index in [1.165, 1.54) is 0 Å². The maximum atomic E-state index is 12.3. The van der Waals surface area contributed by atoms with E-state index in [1.807, 2.05) is 61.5 Å². The predicted octanol–water partition coefficient (Wildman–Crippen LogP) is 4.92. The minimum Gasteiger partial charge on any atom is -0.495 e. The van der Waals surface area contributed by atoms with Gasteiger partial charge < -0.3 is 19.2 Å². The van der Waals surface area contributed by atoms with Crippen LogP contribution in [-0.2, 0) is 4.79 Å². The standard InChI is InChI=1S/C22H19NO4/c1-14-6-5-7-15(10-14)26-13-22(24)23-18-12-20-17(11-21(18)25-2)16-8-3-4-9-19(16)27-20/h3-12H,13H2,1-2H3,(H,23,24). The summed E-state index contributed by atoms with van der Waals surface area (Å²) in [6.07, 6.45) is 0. The predicted molar refractivity (Wildman–Crippen MR) is 106 cm³/mol. The van der Waals surface area contributed by atoms with E-state index in [2.05, 4.69) is 5.32 Å². The molecule has 1 aromatic heterocycles. The second kappa shape index (κ2) is 7.03. The summed E-state index contributed by atoms with van der Waals surface area (Å²) in [4.78, 5) is 12.3. The van der Waals surface area contributed by atoms with Gasteiger partial charge in [-0.2, -0.15) is 0 Å². The minimum atomic E-state index is -0.273. The summed E-state index contributed by atoms with van der Waals surface area (Å²) < 4.78 is 16.9. The molecule has 5 nitrogen and oxygen atoms in total. The van der Waals surface area contributed by atoms with E-state index >= 15 is 0 Å². The fourth-order valence-electron chi connectivity index (χ4n) is 3.06. The van der Waals surface area contributed by atoms with Crippen LogP contribution >= 0.6 is 0 Å². The molecule has 0 radical (unpaired) electrons. The van der Waals surface area contributed by atoms with Gasteiger partial charge in [0.1, 0.15) is 22.7 Å². The maximum Gasteiger partial charge on any atom is 0.262 e. The number of furan rings is 1. The molecule has 4 aromatic rings. The third-order valence-corrected chi connectivity index (χ3v) is 4.33. The highest BCUT2D eigenvalue weighted by Crippen LogP contribution is 2.36. The van der Waals surface area contributed by atoms with Gasteiger partial charge in [0, 0.05) is 16.8 Å². The zero-order valence-corrected chi connectivity index (χ0v) is 15.1. The number of hydrogen-bond acceptors (Lipinski definition) is 4. The van der Waals surface area contributed by atoms with Crippen LogP contribution in [0.5, 0.6) is 11.5 Å². The van der Waals surface area contributed by atoms with Crippen LogP contribution in [0.15, 0.2) is 65.1 Å². The SMILES string of the molecule is COc1cc2c(cc1NC(=O)COc1cccc(C)c1)oc1ccccc12. The van der Waals surface area contributed by atoms with Crippen LogP contribution in [0.25, 0.3) is 21.9 Å². The Morgan fingerprint density at radius 2 is 1.85 bits per heavy atom. The molecule has 136 valence electrons. The molecule has 0 spiro atoms. The third-order valence-electron chi connectivity index (χ3n) is 4.33. The highest BCUT2D eigenvalue weighted by atomic mass is 16.5. The number of para-hydroxylation sites is 1. The molecule has 1 amide bonds. The van der Waals surface area contributed by atoms with Crippen molar-refractivity contribution in [3.63, 3.8) is 0 Å². The molecular formula is C22H19NO4. The van der Waals surface area contributed by atoms with Gasteiger partial charge in [0.25, 0.3) is 5.91 Å². The van der Waals surface area contributed by atoms with Crippen LogP contribution in [-0.4, -0.2) is 19.6 Å². The summed E-state index contributed by atoms with van der Waals surface area (Å²) in [6.45, 7) is 1.88. The number of aryl methyl sites for hydroxylation is 1. The Hall–Kier alpha value is -3.47. The van der Waals surface area contributed by atoms with Crippen LogP contribution in [0.2, 0.25) is 0 Å². The summed E-state index contributed by atoms with van der Waals surface area (Å²) in [5.41, 5.74) is 3.10. The average molecular weight is 361 g/mol.